The van der Waals surface area contributed by atoms with Crippen LogP contribution in [0.15, 0.2) is 54.7 Å². The topological polar surface area (TPSA) is 74.7 Å². The van der Waals surface area contributed by atoms with Gasteiger partial charge < -0.3 is 20.1 Å². The number of aromatic nitrogens is 1. The summed E-state index contributed by atoms with van der Waals surface area (Å²) < 4.78 is 19.1. The SMILES string of the molecule is CCCN(c1ccc(F)cn1)c1cccc(CNc2ccc3c(c2)OC[C@H]3CC(=O)O)c1C. The van der Waals surface area contributed by atoms with Gasteiger partial charge in [-0.1, -0.05) is 25.1 Å². The second kappa shape index (κ2) is 9.90. The molecule has 1 aliphatic rings. The van der Waals surface area contributed by atoms with Gasteiger partial charge in [-0.3, -0.25) is 4.79 Å². The number of halogens is 1. The van der Waals surface area contributed by atoms with E-state index in [9.17, 15) is 9.18 Å². The van der Waals surface area contributed by atoms with Crippen LogP contribution in [-0.4, -0.2) is 29.2 Å². The van der Waals surface area contributed by atoms with Crippen molar-refractivity contribution in [1.29, 1.82) is 0 Å². The highest BCUT2D eigenvalue weighted by molar-refractivity contribution is 5.69. The summed E-state index contributed by atoms with van der Waals surface area (Å²) in [6.07, 6.45) is 2.25. The van der Waals surface area contributed by atoms with Gasteiger partial charge in [-0.2, -0.15) is 0 Å². The Morgan fingerprint density at radius 3 is 2.85 bits per heavy atom. The van der Waals surface area contributed by atoms with E-state index in [1.807, 2.05) is 24.3 Å². The number of hydrogen-bond acceptors (Lipinski definition) is 5. The van der Waals surface area contributed by atoms with Gasteiger partial charge >= 0.3 is 5.97 Å². The number of carboxylic acids is 1. The van der Waals surface area contributed by atoms with Gasteiger partial charge in [0.05, 0.1) is 19.2 Å². The summed E-state index contributed by atoms with van der Waals surface area (Å²) >= 11 is 0. The number of pyridine rings is 1. The Morgan fingerprint density at radius 2 is 2.12 bits per heavy atom. The second-order valence-electron chi connectivity index (χ2n) is 8.26. The minimum absolute atomic E-state index is 0.0724. The second-order valence-corrected chi connectivity index (χ2v) is 8.26. The molecule has 0 saturated carbocycles. The molecule has 0 unspecified atom stereocenters. The normalized spacial score (nSPS) is 14.5. The molecule has 0 aliphatic carbocycles. The van der Waals surface area contributed by atoms with E-state index in [0.29, 0.717) is 13.2 Å². The summed E-state index contributed by atoms with van der Waals surface area (Å²) in [6, 6.07) is 15.2. The fraction of sp³-hybridized carbons (Fsp3) is 0.308. The van der Waals surface area contributed by atoms with Crippen LogP contribution in [0.2, 0.25) is 0 Å². The Bertz CT molecular complexity index is 1130. The molecule has 0 saturated heterocycles. The van der Waals surface area contributed by atoms with E-state index in [1.54, 1.807) is 6.07 Å². The lowest BCUT2D eigenvalue weighted by Crippen LogP contribution is -2.20. The number of rotatable bonds is 9. The lowest BCUT2D eigenvalue weighted by Gasteiger charge is -2.26. The number of carbonyl (C=O) groups is 1. The van der Waals surface area contributed by atoms with Crippen LogP contribution < -0.4 is 15.0 Å². The number of ether oxygens (including phenoxy) is 1. The zero-order valence-corrected chi connectivity index (χ0v) is 18.8. The first kappa shape index (κ1) is 22.6. The fourth-order valence-corrected chi connectivity index (χ4v) is 4.23. The van der Waals surface area contributed by atoms with Crippen LogP contribution in [0.25, 0.3) is 0 Å². The third kappa shape index (κ3) is 5.08. The first-order valence-corrected chi connectivity index (χ1v) is 11.2. The Labute approximate surface area is 193 Å². The van der Waals surface area contributed by atoms with E-state index >= 15 is 0 Å². The molecular weight excluding hydrogens is 421 g/mol. The average molecular weight is 450 g/mol. The number of nitrogens with zero attached hydrogens (tertiary/aromatic N) is 2. The van der Waals surface area contributed by atoms with Crippen molar-refractivity contribution in [2.24, 2.45) is 0 Å². The van der Waals surface area contributed by atoms with Crippen molar-refractivity contribution in [3.8, 4) is 5.75 Å². The van der Waals surface area contributed by atoms with Crippen LogP contribution in [0.1, 0.15) is 42.4 Å². The summed E-state index contributed by atoms with van der Waals surface area (Å²) in [5.41, 5.74) is 5.18. The van der Waals surface area contributed by atoms with Crippen LogP contribution in [-0.2, 0) is 11.3 Å². The number of benzene rings is 2. The molecule has 7 heteroatoms. The Balaban J connectivity index is 1.51. The molecule has 3 aromatic rings. The van der Waals surface area contributed by atoms with Gasteiger partial charge in [0.25, 0.3) is 0 Å². The monoisotopic (exact) mass is 449 g/mol. The fourth-order valence-electron chi connectivity index (χ4n) is 4.23. The maximum absolute atomic E-state index is 13.4. The van der Waals surface area contributed by atoms with Crippen LogP contribution in [0, 0.1) is 12.7 Å². The third-order valence-electron chi connectivity index (χ3n) is 5.94. The van der Waals surface area contributed by atoms with Crippen molar-refractivity contribution < 1.29 is 19.0 Å². The standard InChI is InChI=1S/C26H28FN3O3/c1-3-11-30(25-10-7-20(27)15-29-25)23-6-4-5-18(17(23)2)14-28-21-8-9-22-19(12-26(31)32)16-33-24(22)13-21/h4-10,13,15,19,28H,3,11-12,14,16H2,1-2H3,(H,31,32)/t19-/m1/s1. The zero-order valence-electron chi connectivity index (χ0n) is 18.8. The molecule has 0 radical (unpaired) electrons. The zero-order chi connectivity index (χ0) is 23.4. The van der Waals surface area contributed by atoms with Crippen LogP contribution in [0.5, 0.6) is 5.75 Å². The molecule has 2 aromatic carbocycles. The largest absolute Gasteiger partial charge is 0.493 e. The van der Waals surface area contributed by atoms with Crippen molar-refractivity contribution in [3.05, 3.63) is 77.2 Å². The summed E-state index contributed by atoms with van der Waals surface area (Å²) in [4.78, 5) is 17.4. The molecule has 0 amide bonds. The molecule has 1 atom stereocenters. The predicted molar refractivity (Wildman–Crippen MR) is 127 cm³/mol. The molecule has 1 aromatic heterocycles. The first-order valence-electron chi connectivity index (χ1n) is 11.2. The minimum Gasteiger partial charge on any atom is -0.493 e. The van der Waals surface area contributed by atoms with Crippen LogP contribution in [0.4, 0.5) is 21.6 Å². The maximum atomic E-state index is 13.4. The summed E-state index contributed by atoms with van der Waals surface area (Å²) in [5.74, 6) is 0.195. The van der Waals surface area contributed by atoms with Gasteiger partial charge in [0, 0.05) is 42.0 Å². The summed E-state index contributed by atoms with van der Waals surface area (Å²) in [6.45, 7) is 5.98. The number of hydrogen-bond donors (Lipinski definition) is 2. The van der Waals surface area contributed by atoms with E-state index in [1.165, 1.54) is 12.3 Å². The lowest BCUT2D eigenvalue weighted by molar-refractivity contribution is -0.137. The molecule has 172 valence electrons. The van der Waals surface area contributed by atoms with Crippen molar-refractivity contribution in [2.45, 2.75) is 39.2 Å². The molecule has 33 heavy (non-hydrogen) atoms. The quantitative estimate of drug-likeness (QED) is 0.440. The molecule has 0 spiro atoms. The highest BCUT2D eigenvalue weighted by Crippen LogP contribution is 2.38. The highest BCUT2D eigenvalue weighted by Gasteiger charge is 2.26. The molecule has 0 bridgehead atoms. The van der Waals surface area contributed by atoms with Crippen LogP contribution in [0.3, 0.4) is 0 Å². The number of anilines is 3. The smallest absolute Gasteiger partial charge is 0.304 e. The van der Waals surface area contributed by atoms with Gasteiger partial charge in [-0.05, 0) is 48.7 Å². The average Bonchev–Trinajstić information content (AvgIpc) is 3.19. The van der Waals surface area contributed by atoms with E-state index in [0.717, 1.165) is 52.6 Å². The van der Waals surface area contributed by atoms with Gasteiger partial charge in [0.2, 0.25) is 0 Å². The molecule has 1 aliphatic heterocycles. The van der Waals surface area contributed by atoms with E-state index < -0.39 is 5.97 Å². The molecule has 2 heterocycles. The van der Waals surface area contributed by atoms with Crippen molar-refractivity contribution in [3.63, 3.8) is 0 Å². The van der Waals surface area contributed by atoms with Crippen molar-refractivity contribution in [1.82, 2.24) is 4.98 Å². The van der Waals surface area contributed by atoms with Crippen molar-refractivity contribution in [2.75, 3.05) is 23.4 Å². The molecule has 0 fully saturated rings. The molecule has 4 rings (SSSR count). The number of aliphatic carboxylic acids is 1. The minimum atomic E-state index is -0.818. The molecule has 6 nitrogen and oxygen atoms in total. The van der Waals surface area contributed by atoms with Crippen LogP contribution >= 0.6 is 0 Å². The first-order chi connectivity index (χ1) is 16.0. The molecule has 2 N–H and O–H groups in total. The van der Waals surface area contributed by atoms with Crippen molar-refractivity contribution >= 4 is 23.2 Å². The Hall–Kier alpha value is -3.61. The van der Waals surface area contributed by atoms with E-state index in [4.69, 9.17) is 9.84 Å². The highest BCUT2D eigenvalue weighted by atomic mass is 19.1. The third-order valence-corrected chi connectivity index (χ3v) is 5.94. The van der Waals surface area contributed by atoms with Gasteiger partial charge in [-0.15, -0.1) is 0 Å². The van der Waals surface area contributed by atoms with Gasteiger partial charge in [0.1, 0.15) is 17.4 Å². The number of nitrogens with one attached hydrogen (secondary N) is 1. The molecular formula is C26H28FN3O3. The van der Waals surface area contributed by atoms with E-state index in [-0.39, 0.29) is 18.2 Å². The number of fused-ring (bicyclic) bond motifs is 1. The lowest BCUT2D eigenvalue weighted by atomic mass is 9.98. The summed E-state index contributed by atoms with van der Waals surface area (Å²) in [7, 11) is 0. The van der Waals surface area contributed by atoms with E-state index in [2.05, 4.69) is 41.2 Å². The Morgan fingerprint density at radius 1 is 1.27 bits per heavy atom. The Kier molecular flexibility index (Phi) is 6.77. The number of carboxylic acid groups (broad SMARTS) is 1. The summed E-state index contributed by atoms with van der Waals surface area (Å²) in [5, 5.41) is 12.5. The maximum Gasteiger partial charge on any atom is 0.304 e. The van der Waals surface area contributed by atoms with Gasteiger partial charge in [0.15, 0.2) is 0 Å². The van der Waals surface area contributed by atoms with Gasteiger partial charge in [-0.25, -0.2) is 9.37 Å². The predicted octanol–water partition coefficient (Wildman–Crippen LogP) is 5.64.